The molecule has 11 heavy (non-hydrogen) atoms. The third-order valence-corrected chi connectivity index (χ3v) is 1.04. The summed E-state index contributed by atoms with van der Waals surface area (Å²) in [7, 11) is 1.53. The number of hydrogen-bond donors (Lipinski definition) is 2. The molecule has 1 aromatic rings. The number of carbonyl (C=O) groups is 1. The van der Waals surface area contributed by atoms with Gasteiger partial charge in [0.2, 0.25) is 6.39 Å². The predicted octanol–water partition coefficient (Wildman–Crippen LogP) is -0.501. The predicted molar refractivity (Wildman–Crippen MR) is 35.6 cm³/mol. The van der Waals surface area contributed by atoms with Gasteiger partial charge in [-0.05, 0) is 0 Å². The Kier molecular flexibility index (Phi) is 2.42. The molecule has 0 aliphatic carbocycles. The van der Waals surface area contributed by atoms with Crippen LogP contribution in [0.1, 0.15) is 5.82 Å². The van der Waals surface area contributed by atoms with Gasteiger partial charge in [-0.15, -0.1) is 0 Å². The fourth-order valence-electron chi connectivity index (χ4n) is 0.518. The van der Waals surface area contributed by atoms with Crippen molar-refractivity contribution in [3.05, 3.63) is 12.2 Å². The first-order valence-electron chi connectivity index (χ1n) is 3.03. The number of hydrogen-bond acceptors (Lipinski definition) is 4. The van der Waals surface area contributed by atoms with Crippen LogP contribution in [0, 0.1) is 0 Å². The third kappa shape index (κ3) is 2.24. The van der Waals surface area contributed by atoms with E-state index in [-0.39, 0.29) is 12.6 Å². The first kappa shape index (κ1) is 7.52. The lowest BCUT2D eigenvalue weighted by atomic mass is 10.6. The summed E-state index contributed by atoms with van der Waals surface area (Å²) >= 11 is 0. The van der Waals surface area contributed by atoms with E-state index in [2.05, 4.69) is 25.3 Å². The highest BCUT2D eigenvalue weighted by Gasteiger charge is 1.99. The normalized spacial score (nSPS) is 9.18. The van der Waals surface area contributed by atoms with E-state index in [9.17, 15) is 4.79 Å². The van der Waals surface area contributed by atoms with Crippen molar-refractivity contribution < 1.29 is 9.32 Å². The van der Waals surface area contributed by atoms with Crippen LogP contribution in [0.15, 0.2) is 10.9 Å². The summed E-state index contributed by atoms with van der Waals surface area (Å²) in [5, 5.41) is 8.38. The molecule has 6 heteroatoms. The number of aromatic nitrogens is 2. The molecule has 0 fully saturated rings. The van der Waals surface area contributed by atoms with Gasteiger partial charge < -0.3 is 15.2 Å². The molecule has 0 atom stereocenters. The molecule has 0 aliphatic rings. The second-order valence-electron chi connectivity index (χ2n) is 1.78. The van der Waals surface area contributed by atoms with E-state index in [0.29, 0.717) is 5.82 Å². The molecule has 60 valence electrons. The third-order valence-electron chi connectivity index (χ3n) is 1.04. The molecule has 0 spiro atoms. The van der Waals surface area contributed by atoms with E-state index in [1.165, 1.54) is 13.4 Å². The molecule has 1 aromatic heterocycles. The van der Waals surface area contributed by atoms with Gasteiger partial charge in [0.05, 0.1) is 6.54 Å². The van der Waals surface area contributed by atoms with Gasteiger partial charge in [0.25, 0.3) is 0 Å². The topological polar surface area (TPSA) is 80.0 Å². The Morgan fingerprint density at radius 1 is 1.82 bits per heavy atom. The Hall–Kier alpha value is -1.59. The minimum Gasteiger partial charge on any atom is -0.343 e. The Morgan fingerprint density at radius 2 is 2.64 bits per heavy atom. The molecule has 0 aliphatic heterocycles. The summed E-state index contributed by atoms with van der Waals surface area (Å²) in [4.78, 5) is 14.3. The standard InChI is InChI=1S/C5H8N4O2/c1-6-5(10)7-2-4-8-3-11-9-4/h3H,2H2,1H3,(H2,6,7,10). The van der Waals surface area contributed by atoms with Crippen LogP contribution in [0.25, 0.3) is 0 Å². The molecule has 0 unspecified atom stereocenters. The first-order chi connectivity index (χ1) is 5.33. The van der Waals surface area contributed by atoms with Crippen molar-refractivity contribution in [3.63, 3.8) is 0 Å². The van der Waals surface area contributed by atoms with Gasteiger partial charge in [-0.2, -0.15) is 4.98 Å². The Labute approximate surface area is 63.0 Å². The maximum absolute atomic E-state index is 10.6. The summed E-state index contributed by atoms with van der Waals surface area (Å²) in [6.45, 7) is 0.274. The highest BCUT2D eigenvalue weighted by atomic mass is 16.5. The largest absolute Gasteiger partial charge is 0.343 e. The van der Waals surface area contributed by atoms with Crippen LogP contribution < -0.4 is 10.6 Å². The van der Waals surface area contributed by atoms with Gasteiger partial charge in [-0.25, -0.2) is 4.79 Å². The summed E-state index contributed by atoms with van der Waals surface area (Å²) < 4.78 is 4.45. The molecule has 1 heterocycles. The highest BCUT2D eigenvalue weighted by Crippen LogP contribution is 1.85. The minimum atomic E-state index is -0.269. The second-order valence-corrected chi connectivity index (χ2v) is 1.78. The van der Waals surface area contributed by atoms with Gasteiger partial charge in [0.1, 0.15) is 0 Å². The molecule has 6 nitrogen and oxygen atoms in total. The van der Waals surface area contributed by atoms with Crippen LogP contribution in [0.2, 0.25) is 0 Å². The smallest absolute Gasteiger partial charge is 0.314 e. The minimum absolute atomic E-state index is 0.269. The lowest BCUT2D eigenvalue weighted by molar-refractivity contribution is 0.242. The number of rotatable bonds is 2. The SMILES string of the molecule is CNC(=O)NCc1ncon1. The van der Waals surface area contributed by atoms with Crippen molar-refractivity contribution in [2.75, 3.05) is 7.05 Å². The summed E-state index contributed by atoms with van der Waals surface area (Å²) in [5.41, 5.74) is 0. The van der Waals surface area contributed by atoms with Gasteiger partial charge in [-0.3, -0.25) is 0 Å². The number of carbonyl (C=O) groups excluding carboxylic acids is 1. The highest BCUT2D eigenvalue weighted by molar-refractivity contribution is 5.73. The fraction of sp³-hybridized carbons (Fsp3) is 0.400. The molecule has 2 amide bonds. The maximum atomic E-state index is 10.6. The van der Waals surface area contributed by atoms with Gasteiger partial charge in [0.15, 0.2) is 5.82 Å². The van der Waals surface area contributed by atoms with Crippen molar-refractivity contribution in [2.45, 2.75) is 6.54 Å². The Bertz CT molecular complexity index is 220. The molecule has 1 rings (SSSR count). The molecular formula is C5H8N4O2. The van der Waals surface area contributed by atoms with Crippen LogP contribution in [0.4, 0.5) is 4.79 Å². The van der Waals surface area contributed by atoms with Gasteiger partial charge >= 0.3 is 6.03 Å². The van der Waals surface area contributed by atoms with Crippen LogP contribution in [-0.4, -0.2) is 23.2 Å². The lowest BCUT2D eigenvalue weighted by Gasteiger charge is -1.98. The van der Waals surface area contributed by atoms with Crippen molar-refractivity contribution in [3.8, 4) is 0 Å². The molecule has 0 saturated heterocycles. The fourth-order valence-corrected chi connectivity index (χ4v) is 0.518. The monoisotopic (exact) mass is 156 g/mol. The molecule has 2 N–H and O–H groups in total. The molecule has 0 bridgehead atoms. The van der Waals surface area contributed by atoms with Crippen LogP contribution in [-0.2, 0) is 6.54 Å². The first-order valence-corrected chi connectivity index (χ1v) is 3.03. The number of nitrogens with one attached hydrogen (secondary N) is 2. The molecule has 0 aromatic carbocycles. The van der Waals surface area contributed by atoms with Gasteiger partial charge in [-0.1, -0.05) is 5.16 Å². The van der Waals surface area contributed by atoms with Crippen molar-refractivity contribution >= 4 is 6.03 Å². The molecule has 0 radical (unpaired) electrons. The van der Waals surface area contributed by atoms with Crippen molar-refractivity contribution in [1.29, 1.82) is 0 Å². The van der Waals surface area contributed by atoms with E-state index in [1.807, 2.05) is 0 Å². The zero-order valence-electron chi connectivity index (χ0n) is 6.00. The average Bonchev–Trinajstić information content (AvgIpc) is 2.52. The van der Waals surface area contributed by atoms with Crippen molar-refractivity contribution in [2.24, 2.45) is 0 Å². The van der Waals surface area contributed by atoms with E-state index in [1.54, 1.807) is 0 Å². The Balaban J connectivity index is 2.29. The van der Waals surface area contributed by atoms with E-state index in [4.69, 9.17) is 0 Å². The molecule has 0 saturated carbocycles. The lowest BCUT2D eigenvalue weighted by Crippen LogP contribution is -2.32. The quantitative estimate of drug-likeness (QED) is 0.604. The number of nitrogens with zero attached hydrogens (tertiary/aromatic N) is 2. The summed E-state index contributed by atoms with van der Waals surface area (Å²) in [6, 6.07) is -0.269. The Morgan fingerprint density at radius 3 is 3.18 bits per heavy atom. The van der Waals surface area contributed by atoms with Gasteiger partial charge in [0, 0.05) is 7.05 Å². The summed E-state index contributed by atoms with van der Waals surface area (Å²) in [6.07, 6.45) is 1.21. The van der Waals surface area contributed by atoms with E-state index >= 15 is 0 Å². The van der Waals surface area contributed by atoms with Crippen LogP contribution in [0.5, 0.6) is 0 Å². The number of amides is 2. The zero-order valence-corrected chi connectivity index (χ0v) is 6.00. The average molecular weight is 156 g/mol. The molecular weight excluding hydrogens is 148 g/mol. The number of urea groups is 1. The zero-order chi connectivity index (χ0) is 8.10. The van der Waals surface area contributed by atoms with Crippen LogP contribution >= 0.6 is 0 Å². The van der Waals surface area contributed by atoms with Crippen molar-refractivity contribution in [1.82, 2.24) is 20.8 Å². The summed E-state index contributed by atoms with van der Waals surface area (Å²) in [5.74, 6) is 0.452. The second kappa shape index (κ2) is 3.55. The van der Waals surface area contributed by atoms with E-state index < -0.39 is 0 Å². The maximum Gasteiger partial charge on any atom is 0.314 e. The van der Waals surface area contributed by atoms with E-state index in [0.717, 1.165) is 0 Å². The van der Waals surface area contributed by atoms with Crippen LogP contribution in [0.3, 0.4) is 0 Å².